The highest BCUT2D eigenvalue weighted by Gasteiger charge is 2.04. The quantitative estimate of drug-likeness (QED) is 0.748. The molecule has 0 bridgehead atoms. The summed E-state index contributed by atoms with van der Waals surface area (Å²) in [7, 11) is 1.95. The first-order chi connectivity index (χ1) is 9.26. The lowest BCUT2D eigenvalue weighted by molar-refractivity contribution is 0.720. The number of aryl methyl sites for hydroxylation is 1. The van der Waals surface area contributed by atoms with Gasteiger partial charge in [0.1, 0.15) is 0 Å². The lowest BCUT2D eigenvalue weighted by Gasteiger charge is -2.06. The van der Waals surface area contributed by atoms with Gasteiger partial charge in [-0.05, 0) is 30.5 Å². The van der Waals surface area contributed by atoms with Crippen molar-refractivity contribution in [3.05, 3.63) is 36.2 Å². The molecule has 0 radical (unpaired) electrons. The van der Waals surface area contributed by atoms with Crippen molar-refractivity contribution < 1.29 is 0 Å². The Labute approximate surface area is 119 Å². The van der Waals surface area contributed by atoms with Crippen molar-refractivity contribution in [2.45, 2.75) is 10.9 Å². The zero-order valence-electron chi connectivity index (χ0n) is 10.8. The Hall–Kier alpha value is -1.53. The summed E-state index contributed by atoms with van der Waals surface area (Å²) in [6.07, 6.45) is 3.87. The molecule has 3 rings (SSSR count). The van der Waals surface area contributed by atoms with Crippen LogP contribution in [0, 0.1) is 0 Å². The van der Waals surface area contributed by atoms with E-state index >= 15 is 0 Å². The highest BCUT2D eigenvalue weighted by Crippen LogP contribution is 2.30. The summed E-state index contributed by atoms with van der Waals surface area (Å²) >= 11 is 3.42. The molecule has 2 heterocycles. The van der Waals surface area contributed by atoms with E-state index in [1.807, 2.05) is 24.0 Å². The van der Waals surface area contributed by atoms with E-state index in [0.29, 0.717) is 0 Å². The number of hydrogen-bond acceptors (Lipinski definition) is 5. The molecule has 1 N–H and O–H groups in total. The number of benzene rings is 1. The second-order valence-corrected chi connectivity index (χ2v) is 6.25. The van der Waals surface area contributed by atoms with Crippen LogP contribution in [-0.4, -0.2) is 21.0 Å². The second kappa shape index (κ2) is 5.22. The molecule has 19 heavy (non-hydrogen) atoms. The van der Waals surface area contributed by atoms with Gasteiger partial charge in [0.15, 0.2) is 4.34 Å². The van der Waals surface area contributed by atoms with Crippen LogP contribution >= 0.6 is 23.1 Å². The Morgan fingerprint density at radius 2 is 2.26 bits per heavy atom. The maximum atomic E-state index is 4.54. The van der Waals surface area contributed by atoms with Crippen LogP contribution in [0.25, 0.3) is 10.2 Å². The topological polar surface area (TPSA) is 42.7 Å². The molecular weight excluding hydrogens is 276 g/mol. The fourth-order valence-corrected chi connectivity index (χ4v) is 3.40. The number of nitrogens with one attached hydrogen (secondary N) is 1. The van der Waals surface area contributed by atoms with Gasteiger partial charge < -0.3 is 5.32 Å². The van der Waals surface area contributed by atoms with E-state index < -0.39 is 0 Å². The minimum atomic E-state index is 0.774. The minimum absolute atomic E-state index is 0.774. The summed E-state index contributed by atoms with van der Waals surface area (Å²) in [5, 5.41) is 7.58. The third-order valence-electron chi connectivity index (χ3n) is 2.94. The fraction of sp³-hybridized carbons (Fsp3) is 0.231. The summed E-state index contributed by atoms with van der Waals surface area (Å²) in [4.78, 5) is 4.54. The fourth-order valence-electron chi connectivity index (χ4n) is 1.87. The molecule has 0 amide bonds. The van der Waals surface area contributed by atoms with Crippen molar-refractivity contribution in [3.63, 3.8) is 0 Å². The first-order valence-corrected chi connectivity index (χ1v) is 7.96. The predicted molar refractivity (Wildman–Crippen MR) is 81.9 cm³/mol. The van der Waals surface area contributed by atoms with E-state index in [9.17, 15) is 0 Å². The van der Waals surface area contributed by atoms with Crippen LogP contribution < -0.4 is 5.32 Å². The standard InChI is InChI=1S/C13H14N4S2/c1-17-10(5-6-15-17)8-14-9-3-4-11-12(7-9)19-13(16-11)18-2/h3-7,14H,8H2,1-2H3. The molecule has 6 heteroatoms. The van der Waals surface area contributed by atoms with E-state index in [1.165, 1.54) is 4.70 Å². The molecule has 1 aromatic carbocycles. The van der Waals surface area contributed by atoms with Gasteiger partial charge >= 0.3 is 0 Å². The van der Waals surface area contributed by atoms with Crippen LogP contribution in [0.4, 0.5) is 5.69 Å². The third-order valence-corrected chi connectivity index (χ3v) is 4.94. The summed E-state index contributed by atoms with van der Waals surface area (Å²) in [6.45, 7) is 0.774. The van der Waals surface area contributed by atoms with E-state index in [-0.39, 0.29) is 0 Å². The molecule has 0 saturated heterocycles. The maximum Gasteiger partial charge on any atom is 0.150 e. The van der Waals surface area contributed by atoms with Gasteiger partial charge in [0.2, 0.25) is 0 Å². The number of anilines is 1. The number of thiazole rings is 1. The average molecular weight is 290 g/mol. The van der Waals surface area contributed by atoms with Crippen LogP contribution in [0.15, 0.2) is 34.8 Å². The number of hydrogen-bond donors (Lipinski definition) is 1. The Balaban J connectivity index is 1.79. The molecular formula is C13H14N4S2. The van der Waals surface area contributed by atoms with E-state index in [1.54, 1.807) is 23.1 Å². The van der Waals surface area contributed by atoms with Crippen LogP contribution in [0.5, 0.6) is 0 Å². The molecule has 98 valence electrons. The molecule has 0 unspecified atom stereocenters. The van der Waals surface area contributed by atoms with Gasteiger partial charge in [-0.1, -0.05) is 11.8 Å². The summed E-state index contributed by atoms with van der Waals surface area (Å²) < 4.78 is 4.21. The molecule has 0 aliphatic rings. The zero-order chi connectivity index (χ0) is 13.2. The lowest BCUT2D eigenvalue weighted by atomic mass is 10.3. The summed E-state index contributed by atoms with van der Waals surface area (Å²) in [5.74, 6) is 0. The zero-order valence-corrected chi connectivity index (χ0v) is 12.4. The summed E-state index contributed by atoms with van der Waals surface area (Å²) in [5.41, 5.74) is 3.35. The van der Waals surface area contributed by atoms with Gasteiger partial charge in [0.05, 0.1) is 22.5 Å². The van der Waals surface area contributed by atoms with Crippen LogP contribution in [-0.2, 0) is 13.6 Å². The van der Waals surface area contributed by atoms with Crippen molar-refractivity contribution in [1.82, 2.24) is 14.8 Å². The van der Waals surface area contributed by atoms with Gasteiger partial charge in [-0.15, -0.1) is 11.3 Å². The minimum Gasteiger partial charge on any atom is -0.379 e. The van der Waals surface area contributed by atoms with Gasteiger partial charge in [-0.2, -0.15) is 5.10 Å². The number of thioether (sulfide) groups is 1. The molecule has 0 fully saturated rings. The predicted octanol–water partition coefficient (Wildman–Crippen LogP) is 3.36. The van der Waals surface area contributed by atoms with Crippen molar-refractivity contribution in [2.75, 3.05) is 11.6 Å². The molecule has 0 aliphatic carbocycles. The number of rotatable bonds is 4. The van der Waals surface area contributed by atoms with Crippen molar-refractivity contribution >= 4 is 39.0 Å². The molecule has 3 aromatic rings. The van der Waals surface area contributed by atoms with Gasteiger partial charge in [0.25, 0.3) is 0 Å². The van der Waals surface area contributed by atoms with Crippen LogP contribution in [0.2, 0.25) is 0 Å². The molecule has 0 spiro atoms. The number of nitrogens with zero attached hydrogens (tertiary/aromatic N) is 3. The molecule has 0 saturated carbocycles. The molecule has 0 aliphatic heterocycles. The van der Waals surface area contributed by atoms with Gasteiger partial charge in [-0.3, -0.25) is 4.68 Å². The van der Waals surface area contributed by atoms with Crippen molar-refractivity contribution in [3.8, 4) is 0 Å². The molecule has 4 nitrogen and oxygen atoms in total. The monoisotopic (exact) mass is 290 g/mol. The Morgan fingerprint density at radius 1 is 1.37 bits per heavy atom. The Kier molecular flexibility index (Phi) is 3.44. The second-order valence-electron chi connectivity index (χ2n) is 4.17. The number of aromatic nitrogens is 3. The van der Waals surface area contributed by atoms with Crippen molar-refractivity contribution in [2.24, 2.45) is 7.05 Å². The highest BCUT2D eigenvalue weighted by atomic mass is 32.2. The van der Waals surface area contributed by atoms with E-state index in [4.69, 9.17) is 0 Å². The van der Waals surface area contributed by atoms with Crippen LogP contribution in [0.1, 0.15) is 5.69 Å². The van der Waals surface area contributed by atoms with E-state index in [2.05, 4.69) is 39.9 Å². The first-order valence-electron chi connectivity index (χ1n) is 5.91. The largest absolute Gasteiger partial charge is 0.379 e. The van der Waals surface area contributed by atoms with Gasteiger partial charge in [0, 0.05) is 18.9 Å². The SMILES string of the molecule is CSc1nc2ccc(NCc3ccnn3C)cc2s1. The molecule has 0 atom stereocenters. The average Bonchev–Trinajstić information content (AvgIpc) is 3.01. The normalized spacial score (nSPS) is 11.1. The maximum absolute atomic E-state index is 4.54. The van der Waals surface area contributed by atoms with Gasteiger partial charge in [-0.25, -0.2) is 4.98 Å². The van der Waals surface area contributed by atoms with E-state index in [0.717, 1.165) is 27.8 Å². The Morgan fingerprint density at radius 3 is 3.00 bits per heavy atom. The third kappa shape index (κ3) is 2.59. The highest BCUT2D eigenvalue weighted by molar-refractivity contribution is 8.00. The first kappa shape index (κ1) is 12.5. The number of fused-ring (bicyclic) bond motifs is 1. The lowest BCUT2D eigenvalue weighted by Crippen LogP contribution is -2.05. The molecule has 2 aromatic heterocycles. The van der Waals surface area contributed by atoms with Crippen molar-refractivity contribution in [1.29, 1.82) is 0 Å². The summed E-state index contributed by atoms with van der Waals surface area (Å²) in [6, 6.07) is 8.31. The van der Waals surface area contributed by atoms with Crippen LogP contribution in [0.3, 0.4) is 0 Å². The Bertz CT molecular complexity index is 702. The smallest absolute Gasteiger partial charge is 0.150 e.